The van der Waals surface area contributed by atoms with Crippen molar-refractivity contribution in [1.82, 2.24) is 0 Å². The van der Waals surface area contributed by atoms with E-state index in [2.05, 4.69) is 20.5 Å². The van der Waals surface area contributed by atoms with E-state index in [1.54, 1.807) is 0 Å². The molecule has 6 aromatic carbocycles. The number of nitrogens with zero attached hydrogens (tertiary/aromatic N) is 4. The van der Waals surface area contributed by atoms with E-state index < -0.39 is 87.8 Å². The predicted octanol–water partition coefficient (Wildman–Crippen LogP) is 10.4. The molecular weight excluding hydrogens is 771 g/mol. The van der Waals surface area contributed by atoms with Crippen LogP contribution in [-0.4, -0.2) is 36.2 Å². The maximum Gasteiger partial charge on any atom is 0.418 e. The third-order valence-corrected chi connectivity index (χ3v) is 9.73. The van der Waals surface area contributed by atoms with E-state index in [1.807, 2.05) is 0 Å². The second kappa shape index (κ2) is 13.5. The van der Waals surface area contributed by atoms with E-state index in [0.717, 1.165) is 24.3 Å². The van der Waals surface area contributed by atoms with Gasteiger partial charge in [-0.2, -0.15) is 43.2 Å². The molecule has 54 heavy (non-hydrogen) atoms. The zero-order valence-corrected chi connectivity index (χ0v) is 28.2. The second-order valence-corrected chi connectivity index (χ2v) is 14.2. The van der Waals surface area contributed by atoms with Crippen molar-refractivity contribution in [2.75, 3.05) is 0 Å². The molecule has 0 saturated heterocycles. The number of phenolic OH excluding ortho intramolecular Hbond substituents is 2. The highest BCUT2D eigenvalue weighted by Crippen LogP contribution is 2.45. The Hall–Kier alpha value is -5.96. The normalized spacial score (nSPS) is 13.1. The van der Waals surface area contributed by atoms with Crippen molar-refractivity contribution in [3.05, 3.63) is 108 Å². The number of fused-ring (bicyclic) bond motifs is 2. The van der Waals surface area contributed by atoms with E-state index in [-0.39, 0.29) is 32.7 Å². The Kier molecular flexibility index (Phi) is 9.42. The van der Waals surface area contributed by atoms with Gasteiger partial charge in [0.25, 0.3) is 20.2 Å². The molecule has 0 fully saturated rings. The number of halogens is 6. The zero-order chi connectivity index (χ0) is 39.4. The lowest BCUT2D eigenvalue weighted by Gasteiger charge is -2.14. The Labute approximate surface area is 299 Å². The molecule has 0 saturated carbocycles. The maximum absolute atomic E-state index is 14.3. The molecule has 0 spiro atoms. The molecule has 0 radical (unpaired) electrons. The number of hydrogen-bond acceptors (Lipinski definition) is 10. The zero-order valence-electron chi connectivity index (χ0n) is 26.5. The molecule has 0 heterocycles. The predicted molar refractivity (Wildman–Crippen MR) is 181 cm³/mol. The Balaban J connectivity index is 1.41. The van der Waals surface area contributed by atoms with E-state index in [9.17, 15) is 62.5 Å². The van der Waals surface area contributed by atoms with Crippen LogP contribution in [0.25, 0.3) is 32.7 Å². The fourth-order valence-corrected chi connectivity index (χ4v) is 6.91. The van der Waals surface area contributed by atoms with Crippen molar-refractivity contribution < 1.29 is 62.5 Å². The van der Waals surface area contributed by atoms with Gasteiger partial charge < -0.3 is 10.2 Å². The first-order valence-corrected chi connectivity index (χ1v) is 17.7. The van der Waals surface area contributed by atoms with Crippen molar-refractivity contribution in [2.45, 2.75) is 22.1 Å². The van der Waals surface area contributed by atoms with Gasteiger partial charge in [-0.25, -0.2) is 0 Å². The third kappa shape index (κ3) is 7.44. The molecule has 0 amide bonds. The van der Waals surface area contributed by atoms with Gasteiger partial charge in [-0.3, -0.25) is 9.11 Å². The minimum absolute atomic E-state index is 0.111. The summed E-state index contributed by atoms with van der Waals surface area (Å²) in [5, 5.41) is 35.1. The van der Waals surface area contributed by atoms with Crippen molar-refractivity contribution in [3.63, 3.8) is 0 Å². The van der Waals surface area contributed by atoms with Crippen molar-refractivity contribution in [3.8, 4) is 22.6 Å². The van der Waals surface area contributed by atoms with Crippen LogP contribution < -0.4 is 0 Å². The third-order valence-electron chi connectivity index (χ3n) is 7.94. The molecule has 0 atom stereocenters. The largest absolute Gasteiger partial charge is 0.505 e. The minimum atomic E-state index is -5.15. The highest BCUT2D eigenvalue weighted by atomic mass is 32.2. The summed E-state index contributed by atoms with van der Waals surface area (Å²) in [5.41, 5.74) is -6.67. The van der Waals surface area contributed by atoms with Crippen molar-refractivity contribution >= 4 is 64.5 Å². The van der Waals surface area contributed by atoms with Crippen LogP contribution in [0.1, 0.15) is 11.1 Å². The first-order chi connectivity index (χ1) is 25.1. The summed E-state index contributed by atoms with van der Waals surface area (Å²) in [6.45, 7) is 0. The van der Waals surface area contributed by atoms with Gasteiger partial charge in [0.05, 0.1) is 22.5 Å². The number of benzene rings is 6. The second-order valence-electron chi connectivity index (χ2n) is 11.4. The van der Waals surface area contributed by atoms with Gasteiger partial charge in [-0.15, -0.1) is 20.5 Å². The molecule has 0 bridgehead atoms. The average Bonchev–Trinajstić information content (AvgIpc) is 3.09. The summed E-state index contributed by atoms with van der Waals surface area (Å²) in [5.74, 6) is -1.34. The number of azo groups is 2. The van der Waals surface area contributed by atoms with E-state index in [1.165, 1.54) is 48.5 Å². The Morgan fingerprint density at radius 1 is 0.444 bits per heavy atom. The molecule has 4 N–H and O–H groups in total. The fourth-order valence-electron chi connectivity index (χ4n) is 5.48. The number of alkyl halides is 6. The fraction of sp³-hybridized carbons (Fsp3) is 0.0588. The van der Waals surface area contributed by atoms with Gasteiger partial charge in [0.1, 0.15) is 21.2 Å². The molecule has 0 aliphatic heterocycles. The van der Waals surface area contributed by atoms with Crippen LogP contribution in [0, 0.1) is 0 Å². The smallest absolute Gasteiger partial charge is 0.418 e. The van der Waals surface area contributed by atoms with Crippen LogP contribution in [0.15, 0.2) is 127 Å². The Bertz CT molecular complexity index is 2600. The lowest BCUT2D eigenvalue weighted by molar-refractivity contribution is -0.138. The molecule has 278 valence electrons. The highest BCUT2D eigenvalue weighted by molar-refractivity contribution is 7.86. The number of aromatic hydroxyl groups is 2. The van der Waals surface area contributed by atoms with Gasteiger partial charge in [-0.1, -0.05) is 60.7 Å². The first-order valence-electron chi connectivity index (χ1n) is 14.9. The average molecular weight is 791 g/mol. The summed E-state index contributed by atoms with van der Waals surface area (Å²) in [4.78, 5) is -1.42. The molecule has 0 aliphatic carbocycles. The molecule has 12 nitrogen and oxygen atoms in total. The van der Waals surface area contributed by atoms with Gasteiger partial charge >= 0.3 is 12.4 Å². The van der Waals surface area contributed by atoms with Crippen LogP contribution in [-0.2, 0) is 32.6 Å². The summed E-state index contributed by atoms with van der Waals surface area (Å²) in [6, 6.07) is 16.6. The van der Waals surface area contributed by atoms with Crippen molar-refractivity contribution in [2.24, 2.45) is 20.5 Å². The standard InChI is InChI=1S/C34H20F6N4O8S2/c35-33(36,37)23-13-17(9-11-25(23)41-43-27-15-29(53(47,48)49)19-5-1-3-7-21(19)31(27)45)18-10-12-26(24(14-18)34(38,39)40)42-44-28-16-30(54(50,51)52)20-6-2-4-8-22(20)32(28)46/h1-16,45-46H,(H,47,48,49)(H,50,51,52). The summed E-state index contributed by atoms with van der Waals surface area (Å²) in [7, 11) is -9.80. The molecule has 0 aromatic heterocycles. The SMILES string of the molecule is O=S(=O)(O)c1cc(N=Nc2ccc(-c3ccc(N=Nc4cc(S(=O)(=O)O)c5ccccc5c4O)c(C(F)(F)F)c3)cc2C(F)(F)F)c(O)c2ccccc12. The molecule has 0 unspecified atom stereocenters. The van der Waals surface area contributed by atoms with Gasteiger partial charge in [-0.05, 0) is 47.5 Å². The van der Waals surface area contributed by atoms with Crippen LogP contribution >= 0.6 is 0 Å². The van der Waals surface area contributed by atoms with Crippen LogP contribution in [0.2, 0.25) is 0 Å². The lowest BCUT2D eigenvalue weighted by Crippen LogP contribution is -2.07. The lowest BCUT2D eigenvalue weighted by atomic mass is 9.99. The van der Waals surface area contributed by atoms with E-state index in [0.29, 0.717) is 24.3 Å². The number of hydrogen-bond donors (Lipinski definition) is 4. The molecular formula is C34H20F6N4O8S2. The van der Waals surface area contributed by atoms with Crippen LogP contribution in [0.3, 0.4) is 0 Å². The summed E-state index contributed by atoms with van der Waals surface area (Å²) in [6.07, 6.45) is -10.3. The van der Waals surface area contributed by atoms with Crippen LogP contribution in [0.5, 0.6) is 11.5 Å². The number of rotatable bonds is 7. The minimum Gasteiger partial charge on any atom is -0.505 e. The van der Waals surface area contributed by atoms with Gasteiger partial charge in [0.2, 0.25) is 0 Å². The summed E-state index contributed by atoms with van der Waals surface area (Å²) < 4.78 is 153. The van der Waals surface area contributed by atoms with Gasteiger partial charge in [0.15, 0.2) is 11.5 Å². The van der Waals surface area contributed by atoms with E-state index >= 15 is 0 Å². The number of phenols is 2. The van der Waals surface area contributed by atoms with E-state index in [4.69, 9.17) is 0 Å². The molecule has 6 aromatic rings. The molecule has 6 rings (SSSR count). The summed E-state index contributed by atoms with van der Waals surface area (Å²) >= 11 is 0. The van der Waals surface area contributed by atoms with Gasteiger partial charge in [0, 0.05) is 21.5 Å². The topological polar surface area (TPSA) is 199 Å². The van der Waals surface area contributed by atoms with Crippen molar-refractivity contribution in [1.29, 1.82) is 0 Å². The quantitative estimate of drug-likeness (QED) is 0.0695. The van der Waals surface area contributed by atoms with Crippen LogP contribution in [0.4, 0.5) is 49.1 Å². The Morgan fingerprint density at radius 3 is 1.07 bits per heavy atom. The molecule has 0 aliphatic rings. The monoisotopic (exact) mass is 790 g/mol. The highest BCUT2D eigenvalue weighted by Gasteiger charge is 2.36. The Morgan fingerprint density at radius 2 is 0.759 bits per heavy atom. The first kappa shape index (κ1) is 37.8. The molecule has 20 heteroatoms. The maximum atomic E-state index is 14.3.